The molecule has 1 unspecified atom stereocenters. The molecule has 3 aromatic carbocycles. The molecule has 1 atom stereocenters. The van der Waals surface area contributed by atoms with Crippen LogP contribution in [0.5, 0.6) is 0 Å². The van der Waals surface area contributed by atoms with Crippen LogP contribution in [0.25, 0.3) is 0 Å². The van der Waals surface area contributed by atoms with Gasteiger partial charge >= 0.3 is 0 Å². The fraction of sp³-hybridized carbons (Fsp3) is 0.276. The standard InChI is InChI=1S/C29H31N5O2/c1-20(35)31-24-6-3-21(4-7-24)17-22-5-12-28-26(18-22)27(29(36)32-28)19-30-23-8-10-25(11-9-23)34-15-13-33(2)14-16-34/h3-12,18-19,27H,13-17H2,1-2H3,(H,31,35)(H,32,36). The van der Waals surface area contributed by atoms with Gasteiger partial charge in [0, 0.05) is 56.4 Å². The number of fused-ring (bicyclic) bond motifs is 1. The molecule has 0 radical (unpaired) electrons. The average Bonchev–Trinajstić information content (AvgIpc) is 3.18. The summed E-state index contributed by atoms with van der Waals surface area (Å²) in [5, 5.41) is 5.76. The van der Waals surface area contributed by atoms with Gasteiger partial charge in [-0.05, 0) is 72.6 Å². The average molecular weight is 482 g/mol. The van der Waals surface area contributed by atoms with E-state index in [0.717, 1.165) is 66.4 Å². The molecule has 2 amide bonds. The summed E-state index contributed by atoms with van der Waals surface area (Å²) in [6.45, 7) is 5.69. The minimum atomic E-state index is -0.417. The van der Waals surface area contributed by atoms with E-state index in [1.54, 1.807) is 6.21 Å². The Morgan fingerprint density at radius 1 is 1.00 bits per heavy atom. The van der Waals surface area contributed by atoms with Crippen LogP contribution in [0.2, 0.25) is 0 Å². The number of likely N-dealkylation sites (N-methyl/N-ethyl adjacent to an activating group) is 1. The highest BCUT2D eigenvalue weighted by Gasteiger charge is 2.29. The summed E-state index contributed by atoms with van der Waals surface area (Å²) in [4.78, 5) is 33.3. The highest BCUT2D eigenvalue weighted by atomic mass is 16.2. The number of amides is 2. The molecule has 0 aliphatic carbocycles. The molecule has 184 valence electrons. The number of rotatable bonds is 6. The second-order valence-electron chi connectivity index (χ2n) is 9.53. The number of anilines is 3. The van der Waals surface area contributed by atoms with E-state index >= 15 is 0 Å². The number of nitrogens with one attached hydrogen (secondary N) is 2. The van der Waals surface area contributed by atoms with Gasteiger partial charge in [-0.3, -0.25) is 14.6 Å². The molecule has 0 bridgehead atoms. The maximum Gasteiger partial charge on any atom is 0.237 e. The van der Waals surface area contributed by atoms with Crippen molar-refractivity contribution in [3.63, 3.8) is 0 Å². The Balaban J connectivity index is 1.27. The van der Waals surface area contributed by atoms with Gasteiger partial charge in [0.25, 0.3) is 0 Å². The first kappa shape index (κ1) is 23.8. The monoisotopic (exact) mass is 481 g/mol. The van der Waals surface area contributed by atoms with Crippen molar-refractivity contribution in [1.29, 1.82) is 0 Å². The Morgan fingerprint density at radius 2 is 1.69 bits per heavy atom. The highest BCUT2D eigenvalue weighted by Crippen LogP contribution is 2.33. The molecule has 0 aromatic heterocycles. The van der Waals surface area contributed by atoms with Gasteiger partial charge in [0.15, 0.2) is 0 Å². The lowest BCUT2D eigenvalue weighted by Gasteiger charge is -2.34. The van der Waals surface area contributed by atoms with Gasteiger partial charge in [-0.2, -0.15) is 0 Å². The molecular formula is C29H31N5O2. The third-order valence-corrected chi connectivity index (χ3v) is 6.76. The number of hydrogen-bond acceptors (Lipinski definition) is 5. The Hall–Kier alpha value is -3.97. The quantitative estimate of drug-likeness (QED) is 0.511. The van der Waals surface area contributed by atoms with E-state index in [4.69, 9.17) is 0 Å². The summed E-state index contributed by atoms with van der Waals surface area (Å²) in [5.41, 5.74) is 6.87. The Kier molecular flexibility index (Phi) is 6.82. The van der Waals surface area contributed by atoms with Crippen LogP contribution >= 0.6 is 0 Å². The SMILES string of the molecule is CC(=O)Nc1ccc(Cc2ccc3c(c2)C(C=Nc2ccc(N4CCN(C)CC4)cc2)C(=O)N3)cc1. The summed E-state index contributed by atoms with van der Waals surface area (Å²) >= 11 is 0. The van der Waals surface area contributed by atoms with Crippen molar-refractivity contribution in [2.24, 2.45) is 4.99 Å². The third kappa shape index (κ3) is 5.47. The fourth-order valence-corrected chi connectivity index (χ4v) is 4.71. The minimum Gasteiger partial charge on any atom is -0.369 e. The third-order valence-electron chi connectivity index (χ3n) is 6.76. The van der Waals surface area contributed by atoms with Crippen LogP contribution in [0.1, 0.15) is 29.5 Å². The van der Waals surface area contributed by atoms with E-state index in [1.165, 1.54) is 12.6 Å². The van der Waals surface area contributed by atoms with Crippen molar-refractivity contribution in [2.45, 2.75) is 19.3 Å². The normalized spacial score (nSPS) is 17.8. The molecule has 7 nitrogen and oxygen atoms in total. The van der Waals surface area contributed by atoms with E-state index < -0.39 is 5.92 Å². The fourth-order valence-electron chi connectivity index (χ4n) is 4.71. The van der Waals surface area contributed by atoms with Gasteiger partial charge in [-0.15, -0.1) is 0 Å². The molecule has 1 fully saturated rings. The van der Waals surface area contributed by atoms with Gasteiger partial charge < -0.3 is 20.4 Å². The number of carbonyl (C=O) groups is 2. The maximum atomic E-state index is 12.7. The van der Waals surface area contributed by atoms with Crippen LogP contribution in [-0.4, -0.2) is 56.2 Å². The summed E-state index contributed by atoms with van der Waals surface area (Å²) in [7, 11) is 2.15. The minimum absolute atomic E-state index is 0.0559. The van der Waals surface area contributed by atoms with Gasteiger partial charge in [0.05, 0.1) is 5.69 Å². The zero-order valence-electron chi connectivity index (χ0n) is 20.7. The molecule has 0 spiro atoms. The molecule has 2 aliphatic rings. The van der Waals surface area contributed by atoms with Crippen LogP contribution in [0.3, 0.4) is 0 Å². The second kappa shape index (κ2) is 10.3. The van der Waals surface area contributed by atoms with Crippen molar-refractivity contribution >= 4 is 40.8 Å². The van der Waals surface area contributed by atoms with E-state index in [2.05, 4.69) is 50.7 Å². The number of hydrogen-bond donors (Lipinski definition) is 2. The first-order chi connectivity index (χ1) is 17.4. The first-order valence-electron chi connectivity index (χ1n) is 12.3. The van der Waals surface area contributed by atoms with Crippen LogP contribution in [0.15, 0.2) is 71.7 Å². The summed E-state index contributed by atoms with van der Waals surface area (Å²) in [6.07, 6.45) is 2.48. The first-order valence-corrected chi connectivity index (χ1v) is 12.3. The van der Waals surface area contributed by atoms with Crippen LogP contribution in [0.4, 0.5) is 22.7 Å². The zero-order chi connectivity index (χ0) is 25.1. The van der Waals surface area contributed by atoms with Crippen molar-refractivity contribution in [2.75, 3.05) is 48.8 Å². The Bertz CT molecular complexity index is 1280. The summed E-state index contributed by atoms with van der Waals surface area (Å²) in [6, 6.07) is 22.1. The highest BCUT2D eigenvalue weighted by molar-refractivity contribution is 6.12. The molecule has 0 saturated carbocycles. The lowest BCUT2D eigenvalue weighted by atomic mass is 9.96. The molecule has 5 rings (SSSR count). The summed E-state index contributed by atoms with van der Waals surface area (Å²) in [5.74, 6) is -0.559. The molecule has 2 heterocycles. The second-order valence-corrected chi connectivity index (χ2v) is 9.53. The topological polar surface area (TPSA) is 77.0 Å². The van der Waals surface area contributed by atoms with Gasteiger partial charge in [-0.25, -0.2) is 0 Å². The van der Waals surface area contributed by atoms with E-state index in [1.807, 2.05) is 48.5 Å². The number of carbonyl (C=O) groups excluding carboxylic acids is 2. The Morgan fingerprint density at radius 3 is 2.39 bits per heavy atom. The number of aliphatic imine (C=N–C) groups is 1. The molecule has 2 aliphatic heterocycles. The van der Waals surface area contributed by atoms with Crippen LogP contribution in [-0.2, 0) is 16.0 Å². The number of benzene rings is 3. The van der Waals surface area contributed by atoms with Crippen molar-refractivity contribution in [3.05, 3.63) is 83.4 Å². The molecule has 7 heteroatoms. The largest absolute Gasteiger partial charge is 0.369 e. The summed E-state index contributed by atoms with van der Waals surface area (Å²) < 4.78 is 0. The molecule has 3 aromatic rings. The molecular weight excluding hydrogens is 450 g/mol. The molecule has 1 saturated heterocycles. The Labute approximate surface area is 211 Å². The van der Waals surface area contributed by atoms with Crippen LogP contribution in [0, 0.1) is 0 Å². The molecule has 2 N–H and O–H groups in total. The number of nitrogens with zero attached hydrogens (tertiary/aromatic N) is 3. The van der Waals surface area contributed by atoms with Gasteiger partial charge in [0.2, 0.25) is 11.8 Å². The van der Waals surface area contributed by atoms with Gasteiger partial charge in [0.1, 0.15) is 5.92 Å². The number of piperazine rings is 1. The molecule has 36 heavy (non-hydrogen) atoms. The lowest BCUT2D eigenvalue weighted by molar-refractivity contribution is -0.116. The van der Waals surface area contributed by atoms with E-state index in [9.17, 15) is 9.59 Å². The van der Waals surface area contributed by atoms with Crippen molar-refractivity contribution in [3.8, 4) is 0 Å². The van der Waals surface area contributed by atoms with E-state index in [-0.39, 0.29) is 11.8 Å². The smallest absolute Gasteiger partial charge is 0.237 e. The predicted octanol–water partition coefficient (Wildman–Crippen LogP) is 4.43. The van der Waals surface area contributed by atoms with Crippen molar-refractivity contribution < 1.29 is 9.59 Å². The lowest BCUT2D eigenvalue weighted by Crippen LogP contribution is -2.44. The van der Waals surface area contributed by atoms with Gasteiger partial charge in [-0.1, -0.05) is 24.3 Å². The van der Waals surface area contributed by atoms with Crippen molar-refractivity contribution in [1.82, 2.24) is 4.90 Å². The van der Waals surface area contributed by atoms with E-state index in [0.29, 0.717) is 0 Å². The zero-order valence-corrected chi connectivity index (χ0v) is 20.7. The maximum absolute atomic E-state index is 12.7. The predicted molar refractivity (Wildman–Crippen MR) is 146 cm³/mol. The van der Waals surface area contributed by atoms with Crippen LogP contribution < -0.4 is 15.5 Å².